The molecule has 1 amide bonds. The Kier molecular flexibility index (Phi) is 6.05. The van der Waals surface area contributed by atoms with Crippen molar-refractivity contribution in [3.8, 4) is 0 Å². The number of sulfonamides is 1. The Bertz CT molecular complexity index is 1240. The summed E-state index contributed by atoms with van der Waals surface area (Å²) in [5.41, 5.74) is 3.88. The number of hydrogen-bond donors (Lipinski definition) is 0. The van der Waals surface area contributed by atoms with Gasteiger partial charge in [-0.2, -0.15) is 9.40 Å². The number of aromatic nitrogens is 3. The van der Waals surface area contributed by atoms with E-state index in [1.165, 1.54) is 4.31 Å². The lowest BCUT2D eigenvalue weighted by atomic mass is 9.99. The third-order valence-corrected chi connectivity index (χ3v) is 8.21. The van der Waals surface area contributed by atoms with Gasteiger partial charge in [0.2, 0.25) is 10.0 Å². The first-order valence-corrected chi connectivity index (χ1v) is 12.4. The van der Waals surface area contributed by atoms with Crippen molar-refractivity contribution in [1.29, 1.82) is 0 Å². The summed E-state index contributed by atoms with van der Waals surface area (Å²) < 4.78 is 29.3. The van der Waals surface area contributed by atoms with E-state index in [4.69, 9.17) is 0 Å². The Balaban J connectivity index is 1.46. The molecule has 0 radical (unpaired) electrons. The number of amides is 1. The number of carbonyl (C=O) groups excluding carboxylic acids is 1. The Labute approximate surface area is 188 Å². The zero-order chi connectivity index (χ0) is 23.0. The van der Waals surface area contributed by atoms with Crippen molar-refractivity contribution in [2.24, 2.45) is 0 Å². The molecule has 1 aliphatic rings. The lowest BCUT2D eigenvalue weighted by Gasteiger charge is -2.34. The Morgan fingerprint density at radius 3 is 2.38 bits per heavy atom. The van der Waals surface area contributed by atoms with E-state index in [1.807, 2.05) is 32.0 Å². The van der Waals surface area contributed by atoms with Crippen molar-refractivity contribution < 1.29 is 13.2 Å². The molecular weight excluding hydrogens is 426 g/mol. The van der Waals surface area contributed by atoms with Crippen LogP contribution in [0.25, 0.3) is 5.65 Å². The Morgan fingerprint density at radius 2 is 1.75 bits per heavy atom. The van der Waals surface area contributed by atoms with E-state index in [1.54, 1.807) is 27.7 Å². The number of nitrogens with zero attached hydrogens (tertiary/aromatic N) is 5. The maximum atomic E-state index is 13.1. The van der Waals surface area contributed by atoms with Crippen LogP contribution in [-0.2, 0) is 10.0 Å². The zero-order valence-corrected chi connectivity index (χ0v) is 19.8. The van der Waals surface area contributed by atoms with E-state index in [-0.39, 0.29) is 19.0 Å². The molecule has 32 heavy (non-hydrogen) atoms. The molecule has 0 N–H and O–H groups in total. The fraction of sp³-hybridized carbons (Fsp3) is 0.435. The van der Waals surface area contributed by atoms with Gasteiger partial charge < -0.3 is 4.90 Å². The molecule has 1 aliphatic heterocycles. The Hall–Kier alpha value is -2.78. The van der Waals surface area contributed by atoms with E-state index in [9.17, 15) is 13.2 Å². The Morgan fingerprint density at radius 1 is 1.09 bits per heavy atom. The number of carbonyl (C=O) groups is 1. The number of piperazine rings is 1. The second-order valence-corrected chi connectivity index (χ2v) is 10.3. The maximum absolute atomic E-state index is 13.1. The monoisotopic (exact) mass is 455 g/mol. The standard InChI is InChI=1S/C23H29N5O3S/c1-5-16(2)19-6-8-20(9-7-19)32(30,31)27-12-10-26(11-13-27)23(29)21-15-24-22-14-17(3)25-28(22)18(21)4/h6-9,14-16H,5,10-13H2,1-4H3/t16-/m0/s1. The minimum absolute atomic E-state index is 0.153. The van der Waals surface area contributed by atoms with Crippen LogP contribution >= 0.6 is 0 Å². The molecule has 2 aromatic heterocycles. The van der Waals surface area contributed by atoms with Crippen molar-refractivity contribution in [2.75, 3.05) is 26.2 Å². The highest BCUT2D eigenvalue weighted by Gasteiger charge is 2.31. The molecule has 0 bridgehead atoms. The number of aryl methyl sites for hydroxylation is 2. The van der Waals surface area contributed by atoms with Gasteiger partial charge in [0, 0.05) is 38.4 Å². The highest BCUT2D eigenvalue weighted by atomic mass is 32.2. The second-order valence-electron chi connectivity index (χ2n) is 8.39. The largest absolute Gasteiger partial charge is 0.336 e. The van der Waals surface area contributed by atoms with Gasteiger partial charge in [-0.25, -0.2) is 17.9 Å². The lowest BCUT2D eigenvalue weighted by molar-refractivity contribution is 0.0696. The third kappa shape index (κ3) is 4.02. The van der Waals surface area contributed by atoms with Gasteiger partial charge in [-0.3, -0.25) is 4.79 Å². The molecule has 1 fully saturated rings. The number of hydrogen-bond acceptors (Lipinski definition) is 5. The molecule has 0 aliphatic carbocycles. The topological polar surface area (TPSA) is 87.9 Å². The minimum atomic E-state index is -3.59. The first-order chi connectivity index (χ1) is 15.2. The molecule has 1 atom stereocenters. The molecular formula is C23H29N5O3S. The predicted molar refractivity (Wildman–Crippen MR) is 122 cm³/mol. The van der Waals surface area contributed by atoms with Crippen LogP contribution in [0.2, 0.25) is 0 Å². The van der Waals surface area contributed by atoms with Gasteiger partial charge in [0.15, 0.2) is 5.65 Å². The van der Waals surface area contributed by atoms with Gasteiger partial charge in [-0.1, -0.05) is 26.0 Å². The van der Waals surface area contributed by atoms with Crippen LogP contribution in [0.4, 0.5) is 0 Å². The maximum Gasteiger partial charge on any atom is 0.257 e. The summed E-state index contributed by atoms with van der Waals surface area (Å²) >= 11 is 0. The van der Waals surface area contributed by atoms with Crippen molar-refractivity contribution in [3.05, 3.63) is 59.0 Å². The normalized spacial score (nSPS) is 16.4. The first-order valence-electron chi connectivity index (χ1n) is 10.9. The molecule has 1 saturated heterocycles. The van der Waals surface area contributed by atoms with E-state index >= 15 is 0 Å². The highest BCUT2D eigenvalue weighted by Crippen LogP contribution is 2.23. The molecule has 170 valence electrons. The fourth-order valence-corrected chi connectivity index (χ4v) is 5.45. The highest BCUT2D eigenvalue weighted by molar-refractivity contribution is 7.89. The quantitative estimate of drug-likeness (QED) is 0.590. The smallest absolute Gasteiger partial charge is 0.257 e. The molecule has 0 spiro atoms. The summed E-state index contributed by atoms with van der Waals surface area (Å²) in [4.78, 5) is 19.4. The van der Waals surface area contributed by atoms with Crippen LogP contribution < -0.4 is 0 Å². The molecule has 4 rings (SSSR count). The summed E-state index contributed by atoms with van der Waals surface area (Å²) in [5, 5.41) is 4.40. The van der Waals surface area contributed by atoms with Crippen molar-refractivity contribution >= 4 is 21.6 Å². The molecule has 1 aromatic carbocycles. The van der Waals surface area contributed by atoms with E-state index in [0.29, 0.717) is 35.1 Å². The third-order valence-electron chi connectivity index (χ3n) is 6.30. The summed E-state index contributed by atoms with van der Waals surface area (Å²) in [7, 11) is -3.59. The van der Waals surface area contributed by atoms with E-state index in [0.717, 1.165) is 23.4 Å². The van der Waals surface area contributed by atoms with Gasteiger partial charge in [0.1, 0.15) is 0 Å². The van der Waals surface area contributed by atoms with Gasteiger partial charge in [-0.05, 0) is 43.9 Å². The zero-order valence-electron chi connectivity index (χ0n) is 18.9. The van der Waals surface area contributed by atoms with Crippen LogP contribution in [0.3, 0.4) is 0 Å². The predicted octanol–water partition coefficient (Wildman–Crippen LogP) is 3.01. The average Bonchev–Trinajstić information content (AvgIpc) is 3.20. The van der Waals surface area contributed by atoms with Crippen LogP contribution in [0.5, 0.6) is 0 Å². The van der Waals surface area contributed by atoms with Crippen LogP contribution in [0.15, 0.2) is 41.4 Å². The second kappa shape index (κ2) is 8.63. The summed E-state index contributed by atoms with van der Waals surface area (Å²) in [6, 6.07) is 9.02. The molecule has 3 aromatic rings. The van der Waals surface area contributed by atoms with Gasteiger partial charge >= 0.3 is 0 Å². The van der Waals surface area contributed by atoms with Crippen molar-refractivity contribution in [2.45, 2.75) is 44.9 Å². The minimum Gasteiger partial charge on any atom is -0.336 e. The van der Waals surface area contributed by atoms with E-state index in [2.05, 4.69) is 23.9 Å². The van der Waals surface area contributed by atoms with Gasteiger partial charge in [-0.15, -0.1) is 0 Å². The van der Waals surface area contributed by atoms with E-state index < -0.39 is 10.0 Å². The van der Waals surface area contributed by atoms with Crippen LogP contribution in [-0.4, -0.2) is 64.3 Å². The molecule has 9 heteroatoms. The molecule has 0 saturated carbocycles. The van der Waals surface area contributed by atoms with Crippen molar-refractivity contribution in [1.82, 2.24) is 23.8 Å². The lowest BCUT2D eigenvalue weighted by Crippen LogP contribution is -2.50. The van der Waals surface area contributed by atoms with Crippen LogP contribution in [0.1, 0.15) is 53.5 Å². The molecule has 3 heterocycles. The average molecular weight is 456 g/mol. The molecule has 0 unspecified atom stereocenters. The van der Waals surface area contributed by atoms with Gasteiger partial charge in [0.05, 0.1) is 21.8 Å². The fourth-order valence-electron chi connectivity index (χ4n) is 4.03. The van der Waals surface area contributed by atoms with Crippen LogP contribution in [0, 0.1) is 13.8 Å². The first kappa shape index (κ1) is 22.4. The number of benzene rings is 1. The summed E-state index contributed by atoms with van der Waals surface area (Å²) in [6.07, 6.45) is 2.58. The van der Waals surface area contributed by atoms with Crippen molar-refractivity contribution in [3.63, 3.8) is 0 Å². The number of rotatable bonds is 5. The summed E-state index contributed by atoms with van der Waals surface area (Å²) in [5.74, 6) is 0.240. The van der Waals surface area contributed by atoms with Gasteiger partial charge in [0.25, 0.3) is 5.91 Å². The molecule has 8 nitrogen and oxygen atoms in total. The SMILES string of the molecule is CC[C@H](C)c1ccc(S(=O)(=O)N2CCN(C(=O)c3cnc4cc(C)nn4c3C)CC2)cc1. The summed E-state index contributed by atoms with van der Waals surface area (Å²) in [6.45, 7) is 9.15. The number of fused-ring (bicyclic) bond motifs is 1.